The van der Waals surface area contributed by atoms with E-state index in [9.17, 15) is 22.7 Å². The van der Waals surface area contributed by atoms with Crippen molar-refractivity contribution in [2.24, 2.45) is 0 Å². The molecule has 1 N–H and O–H groups in total. The average molecular weight is 290 g/mol. The lowest BCUT2D eigenvalue weighted by atomic mass is 10.0. The van der Waals surface area contributed by atoms with Crippen LogP contribution in [0.4, 0.5) is 17.6 Å². The molecule has 0 aliphatic rings. The summed E-state index contributed by atoms with van der Waals surface area (Å²) in [4.78, 5) is 1.28. The SMILES string of the molecule is Cc1ccc(C(O)c2ccc(F)cc2C(F)(F)F)s1. The quantitative estimate of drug-likeness (QED) is 0.818. The van der Waals surface area contributed by atoms with Crippen molar-refractivity contribution < 1.29 is 22.7 Å². The van der Waals surface area contributed by atoms with E-state index >= 15 is 0 Å². The third-order valence-electron chi connectivity index (χ3n) is 2.65. The molecule has 0 saturated heterocycles. The molecule has 0 aliphatic carbocycles. The largest absolute Gasteiger partial charge is 0.416 e. The number of aliphatic hydroxyl groups excluding tert-OH is 1. The maximum Gasteiger partial charge on any atom is 0.416 e. The van der Waals surface area contributed by atoms with Gasteiger partial charge in [0.05, 0.1) is 5.56 Å². The molecular weight excluding hydrogens is 280 g/mol. The summed E-state index contributed by atoms with van der Waals surface area (Å²) in [6, 6.07) is 5.55. The Morgan fingerprint density at radius 1 is 1.16 bits per heavy atom. The van der Waals surface area contributed by atoms with Gasteiger partial charge in [0.1, 0.15) is 11.9 Å². The smallest absolute Gasteiger partial charge is 0.383 e. The first-order chi connectivity index (χ1) is 8.79. The lowest BCUT2D eigenvalue weighted by Gasteiger charge is -2.16. The lowest BCUT2D eigenvalue weighted by Crippen LogP contribution is -2.12. The van der Waals surface area contributed by atoms with Crippen LogP contribution in [-0.4, -0.2) is 5.11 Å². The van der Waals surface area contributed by atoms with Gasteiger partial charge in [-0.2, -0.15) is 13.2 Å². The number of thiophene rings is 1. The van der Waals surface area contributed by atoms with Crippen LogP contribution in [0.3, 0.4) is 0 Å². The van der Waals surface area contributed by atoms with Crippen LogP contribution in [0, 0.1) is 12.7 Å². The van der Waals surface area contributed by atoms with Gasteiger partial charge in [-0.15, -0.1) is 11.3 Å². The molecule has 6 heteroatoms. The monoisotopic (exact) mass is 290 g/mol. The van der Waals surface area contributed by atoms with Crippen LogP contribution in [0.2, 0.25) is 0 Å². The van der Waals surface area contributed by atoms with E-state index < -0.39 is 23.7 Å². The molecule has 102 valence electrons. The number of aryl methyl sites for hydroxylation is 1. The van der Waals surface area contributed by atoms with Crippen molar-refractivity contribution in [2.75, 3.05) is 0 Å². The maximum atomic E-state index is 13.0. The minimum absolute atomic E-state index is 0.337. The van der Waals surface area contributed by atoms with Crippen molar-refractivity contribution in [3.05, 3.63) is 57.0 Å². The number of benzene rings is 1. The molecular formula is C13H10F4OS. The number of rotatable bonds is 2. The van der Waals surface area contributed by atoms with Gasteiger partial charge in [0, 0.05) is 9.75 Å². The molecule has 19 heavy (non-hydrogen) atoms. The third-order valence-corrected chi connectivity index (χ3v) is 3.70. The van der Waals surface area contributed by atoms with Gasteiger partial charge < -0.3 is 5.11 Å². The summed E-state index contributed by atoms with van der Waals surface area (Å²) in [5.74, 6) is -0.981. The van der Waals surface area contributed by atoms with Crippen LogP contribution in [0.15, 0.2) is 30.3 Å². The highest BCUT2D eigenvalue weighted by Gasteiger charge is 2.36. The number of hydrogen-bond donors (Lipinski definition) is 1. The van der Waals surface area contributed by atoms with Crippen LogP contribution in [0.5, 0.6) is 0 Å². The number of halogens is 4. The van der Waals surface area contributed by atoms with Crippen molar-refractivity contribution >= 4 is 11.3 Å². The molecule has 0 saturated carbocycles. The molecule has 0 bridgehead atoms. The molecule has 2 aromatic rings. The Labute approximate surface area is 111 Å². The summed E-state index contributed by atoms with van der Waals surface area (Å²) < 4.78 is 51.5. The van der Waals surface area contributed by atoms with Gasteiger partial charge in [-0.3, -0.25) is 0 Å². The first-order valence-corrected chi connectivity index (χ1v) is 6.21. The molecule has 1 aromatic carbocycles. The predicted molar refractivity (Wildman–Crippen MR) is 64.5 cm³/mol. The molecule has 0 aliphatic heterocycles. The lowest BCUT2D eigenvalue weighted by molar-refractivity contribution is -0.139. The summed E-state index contributed by atoms with van der Waals surface area (Å²) >= 11 is 1.20. The zero-order valence-corrected chi connectivity index (χ0v) is 10.6. The Morgan fingerprint density at radius 3 is 2.37 bits per heavy atom. The van der Waals surface area contributed by atoms with E-state index in [4.69, 9.17) is 0 Å². The summed E-state index contributed by atoms with van der Waals surface area (Å²) in [6.45, 7) is 1.79. The second kappa shape index (κ2) is 4.94. The maximum absolute atomic E-state index is 13.0. The van der Waals surface area contributed by atoms with Gasteiger partial charge in [-0.25, -0.2) is 4.39 Å². The molecule has 1 nitrogen and oxygen atoms in total. The Hall–Kier alpha value is -1.40. The number of alkyl halides is 3. The van der Waals surface area contributed by atoms with Gasteiger partial charge in [0.25, 0.3) is 0 Å². The fourth-order valence-corrected chi connectivity index (χ4v) is 2.65. The van der Waals surface area contributed by atoms with E-state index in [2.05, 4.69) is 0 Å². The highest BCUT2D eigenvalue weighted by molar-refractivity contribution is 7.12. The van der Waals surface area contributed by atoms with E-state index in [0.717, 1.165) is 17.0 Å². The minimum Gasteiger partial charge on any atom is -0.383 e. The van der Waals surface area contributed by atoms with Gasteiger partial charge in [-0.05, 0) is 36.8 Å². The molecule has 1 unspecified atom stereocenters. The first-order valence-electron chi connectivity index (χ1n) is 5.40. The summed E-state index contributed by atoms with van der Waals surface area (Å²) in [7, 11) is 0. The highest BCUT2D eigenvalue weighted by atomic mass is 32.1. The summed E-state index contributed by atoms with van der Waals surface area (Å²) in [5, 5.41) is 10.0. The molecule has 0 radical (unpaired) electrons. The zero-order valence-electron chi connectivity index (χ0n) is 9.83. The Morgan fingerprint density at radius 2 is 1.84 bits per heavy atom. The fraction of sp³-hybridized carbons (Fsp3) is 0.231. The van der Waals surface area contributed by atoms with E-state index in [1.165, 1.54) is 11.3 Å². The van der Waals surface area contributed by atoms with E-state index in [1.807, 2.05) is 0 Å². The molecule has 2 rings (SSSR count). The van der Waals surface area contributed by atoms with Crippen LogP contribution >= 0.6 is 11.3 Å². The Kier molecular flexibility index (Phi) is 3.64. The molecule has 1 aromatic heterocycles. The molecule has 0 fully saturated rings. The number of hydrogen-bond acceptors (Lipinski definition) is 2. The topological polar surface area (TPSA) is 20.2 Å². The Bertz CT molecular complexity index is 589. The van der Waals surface area contributed by atoms with Gasteiger partial charge in [0.15, 0.2) is 0 Å². The van der Waals surface area contributed by atoms with Crippen LogP contribution < -0.4 is 0 Å². The normalized spacial score (nSPS) is 13.6. The van der Waals surface area contributed by atoms with E-state index in [-0.39, 0.29) is 5.56 Å². The second-order valence-electron chi connectivity index (χ2n) is 4.08. The summed E-state index contributed by atoms with van der Waals surface area (Å²) in [6.07, 6.45) is -6.11. The van der Waals surface area contributed by atoms with Crippen molar-refractivity contribution in [3.63, 3.8) is 0 Å². The second-order valence-corrected chi connectivity index (χ2v) is 5.40. The molecule has 1 heterocycles. The van der Waals surface area contributed by atoms with E-state index in [0.29, 0.717) is 10.9 Å². The molecule has 0 spiro atoms. The summed E-state index contributed by atoms with van der Waals surface area (Å²) in [5.41, 5.74) is -1.48. The minimum atomic E-state index is -4.70. The standard InChI is InChI=1S/C13H10F4OS/c1-7-2-5-11(19-7)12(18)9-4-3-8(14)6-10(9)13(15,16)17/h2-6,12,18H,1H3. The van der Waals surface area contributed by atoms with Crippen LogP contribution in [0.1, 0.15) is 27.0 Å². The van der Waals surface area contributed by atoms with Crippen molar-refractivity contribution in [1.82, 2.24) is 0 Å². The van der Waals surface area contributed by atoms with Gasteiger partial charge in [0.2, 0.25) is 0 Å². The van der Waals surface area contributed by atoms with Crippen molar-refractivity contribution in [3.8, 4) is 0 Å². The Balaban J connectivity index is 2.50. The van der Waals surface area contributed by atoms with Crippen LogP contribution in [-0.2, 0) is 6.18 Å². The van der Waals surface area contributed by atoms with E-state index in [1.54, 1.807) is 19.1 Å². The van der Waals surface area contributed by atoms with Gasteiger partial charge in [-0.1, -0.05) is 6.07 Å². The molecule has 0 amide bonds. The average Bonchev–Trinajstić information content (AvgIpc) is 2.74. The highest BCUT2D eigenvalue weighted by Crippen LogP contribution is 2.38. The zero-order chi connectivity index (χ0) is 14.2. The number of aliphatic hydroxyl groups is 1. The molecule has 1 atom stereocenters. The third kappa shape index (κ3) is 2.96. The fourth-order valence-electron chi connectivity index (χ4n) is 1.77. The van der Waals surface area contributed by atoms with Gasteiger partial charge >= 0.3 is 6.18 Å². The van der Waals surface area contributed by atoms with Crippen molar-refractivity contribution in [2.45, 2.75) is 19.2 Å². The predicted octanol–water partition coefficient (Wildman–Crippen LogP) is 4.30. The van der Waals surface area contributed by atoms with Crippen molar-refractivity contribution in [1.29, 1.82) is 0 Å². The van der Waals surface area contributed by atoms with Crippen LogP contribution in [0.25, 0.3) is 0 Å². The first kappa shape index (κ1) is 14.0.